The number of nitrogens with zero attached hydrogens (tertiary/aromatic N) is 1. The van der Waals surface area contributed by atoms with Crippen LogP contribution in [0, 0.1) is 0 Å². The SMILES string of the molecule is CCOc1ccc(NC(=O)N(Cc2ccc(OC)cc2)C(c2ccccc2)c2ccccc2)cc1. The van der Waals surface area contributed by atoms with Gasteiger partial charge in [-0.2, -0.15) is 0 Å². The second kappa shape index (κ2) is 11.7. The van der Waals surface area contributed by atoms with Crippen molar-refractivity contribution in [3.63, 3.8) is 0 Å². The largest absolute Gasteiger partial charge is 0.497 e. The lowest BCUT2D eigenvalue weighted by atomic mass is 9.96. The fourth-order valence-corrected chi connectivity index (χ4v) is 4.03. The van der Waals surface area contributed by atoms with Crippen molar-refractivity contribution < 1.29 is 14.3 Å². The van der Waals surface area contributed by atoms with Crippen LogP contribution in [0.2, 0.25) is 0 Å². The van der Waals surface area contributed by atoms with E-state index in [2.05, 4.69) is 29.6 Å². The van der Waals surface area contributed by atoms with Gasteiger partial charge in [-0.15, -0.1) is 0 Å². The summed E-state index contributed by atoms with van der Waals surface area (Å²) < 4.78 is 10.8. The molecule has 1 N–H and O–H groups in total. The molecule has 0 aliphatic rings. The number of rotatable bonds is 9. The van der Waals surface area contributed by atoms with Crippen molar-refractivity contribution in [2.24, 2.45) is 0 Å². The van der Waals surface area contributed by atoms with Crippen LogP contribution in [0.1, 0.15) is 29.7 Å². The van der Waals surface area contributed by atoms with Crippen LogP contribution in [0.15, 0.2) is 109 Å². The molecule has 0 atom stereocenters. The Morgan fingerprint density at radius 3 is 1.83 bits per heavy atom. The Labute approximate surface area is 206 Å². The standard InChI is InChI=1S/C30H30N2O3/c1-3-35-28-20-16-26(17-21-28)31-30(33)32(22-23-14-18-27(34-2)19-15-23)29(24-10-6-4-7-11-24)25-12-8-5-9-13-25/h4-21,29H,3,22H2,1-2H3,(H,31,33). The van der Waals surface area contributed by atoms with Crippen molar-refractivity contribution in [1.29, 1.82) is 0 Å². The van der Waals surface area contributed by atoms with Crippen LogP contribution in [0.5, 0.6) is 11.5 Å². The maximum atomic E-state index is 13.8. The van der Waals surface area contributed by atoms with Gasteiger partial charge in [0.2, 0.25) is 0 Å². The average Bonchev–Trinajstić information content (AvgIpc) is 2.91. The van der Waals surface area contributed by atoms with E-state index in [9.17, 15) is 4.79 Å². The van der Waals surface area contributed by atoms with E-state index in [4.69, 9.17) is 9.47 Å². The molecule has 0 unspecified atom stereocenters. The Balaban J connectivity index is 1.70. The Bertz CT molecular complexity index is 1150. The van der Waals surface area contributed by atoms with Crippen LogP contribution in [-0.2, 0) is 6.54 Å². The smallest absolute Gasteiger partial charge is 0.322 e. The summed E-state index contributed by atoms with van der Waals surface area (Å²) in [7, 11) is 1.65. The maximum absolute atomic E-state index is 13.8. The Morgan fingerprint density at radius 2 is 1.31 bits per heavy atom. The molecule has 0 radical (unpaired) electrons. The van der Waals surface area contributed by atoms with Crippen LogP contribution in [0.3, 0.4) is 0 Å². The third kappa shape index (κ3) is 6.21. The number of hydrogen-bond donors (Lipinski definition) is 1. The lowest BCUT2D eigenvalue weighted by Gasteiger charge is -2.33. The van der Waals surface area contributed by atoms with E-state index in [1.54, 1.807) is 7.11 Å². The summed E-state index contributed by atoms with van der Waals surface area (Å²) in [5.74, 6) is 1.55. The van der Waals surface area contributed by atoms with E-state index in [1.807, 2.05) is 96.8 Å². The van der Waals surface area contributed by atoms with Crippen LogP contribution in [0.25, 0.3) is 0 Å². The third-order valence-corrected chi connectivity index (χ3v) is 5.73. The van der Waals surface area contributed by atoms with Crippen molar-refractivity contribution >= 4 is 11.7 Å². The van der Waals surface area contributed by atoms with Gasteiger partial charge in [-0.25, -0.2) is 4.79 Å². The fraction of sp³-hybridized carbons (Fsp3) is 0.167. The number of urea groups is 1. The molecule has 4 aromatic rings. The minimum Gasteiger partial charge on any atom is -0.497 e. The van der Waals surface area contributed by atoms with Gasteiger partial charge in [-0.3, -0.25) is 0 Å². The number of benzene rings is 4. The zero-order chi connectivity index (χ0) is 24.5. The number of methoxy groups -OCH3 is 1. The van der Waals surface area contributed by atoms with Gasteiger partial charge in [-0.05, 0) is 60.0 Å². The average molecular weight is 467 g/mol. The Kier molecular flexibility index (Phi) is 8.02. The first-order valence-corrected chi connectivity index (χ1v) is 11.7. The number of anilines is 1. The molecular weight excluding hydrogens is 436 g/mol. The number of ether oxygens (including phenoxy) is 2. The minimum atomic E-state index is -0.276. The molecule has 0 aliphatic carbocycles. The Hall–Kier alpha value is -4.25. The third-order valence-electron chi connectivity index (χ3n) is 5.73. The van der Waals surface area contributed by atoms with Gasteiger partial charge in [0.25, 0.3) is 0 Å². The highest BCUT2D eigenvalue weighted by Crippen LogP contribution is 2.31. The minimum absolute atomic E-state index is 0.192. The Morgan fingerprint density at radius 1 is 0.771 bits per heavy atom. The number of carbonyl (C=O) groups excluding carboxylic acids is 1. The summed E-state index contributed by atoms with van der Waals surface area (Å²) in [6, 6.07) is 35.0. The van der Waals surface area contributed by atoms with Crippen molar-refractivity contribution in [1.82, 2.24) is 4.90 Å². The van der Waals surface area contributed by atoms with Gasteiger partial charge < -0.3 is 19.7 Å². The van der Waals surface area contributed by atoms with Crippen molar-refractivity contribution in [3.8, 4) is 11.5 Å². The van der Waals surface area contributed by atoms with Gasteiger partial charge in [0.1, 0.15) is 11.5 Å². The van der Waals surface area contributed by atoms with E-state index in [-0.39, 0.29) is 12.1 Å². The van der Waals surface area contributed by atoms with Gasteiger partial charge in [0.15, 0.2) is 0 Å². The van der Waals surface area contributed by atoms with E-state index in [0.29, 0.717) is 18.8 Å². The molecule has 0 saturated heterocycles. The van der Waals surface area contributed by atoms with Crippen LogP contribution < -0.4 is 14.8 Å². The molecular formula is C30H30N2O3. The predicted molar refractivity (Wildman–Crippen MR) is 140 cm³/mol. The first kappa shape index (κ1) is 23.9. The summed E-state index contributed by atoms with van der Waals surface area (Å²) in [4.78, 5) is 15.7. The number of nitrogens with one attached hydrogen (secondary N) is 1. The summed E-state index contributed by atoms with van der Waals surface area (Å²) >= 11 is 0. The zero-order valence-electron chi connectivity index (χ0n) is 20.1. The molecule has 5 heteroatoms. The lowest BCUT2D eigenvalue weighted by molar-refractivity contribution is 0.194. The first-order chi connectivity index (χ1) is 17.2. The van der Waals surface area contributed by atoms with Crippen LogP contribution >= 0.6 is 0 Å². The fourth-order valence-electron chi connectivity index (χ4n) is 4.03. The molecule has 0 heterocycles. The van der Waals surface area contributed by atoms with Gasteiger partial charge in [-0.1, -0.05) is 72.8 Å². The van der Waals surface area contributed by atoms with Gasteiger partial charge in [0, 0.05) is 12.2 Å². The monoisotopic (exact) mass is 466 g/mol. The summed E-state index contributed by atoms with van der Waals surface area (Å²) in [6.45, 7) is 2.96. The van der Waals surface area contributed by atoms with Crippen LogP contribution in [-0.4, -0.2) is 24.6 Å². The molecule has 4 aromatic carbocycles. The molecule has 35 heavy (non-hydrogen) atoms. The maximum Gasteiger partial charge on any atom is 0.322 e. The second-order valence-corrected chi connectivity index (χ2v) is 8.09. The van der Waals surface area contributed by atoms with Crippen molar-refractivity contribution in [3.05, 3.63) is 126 Å². The normalized spacial score (nSPS) is 10.6. The summed E-state index contributed by atoms with van der Waals surface area (Å²) in [5.41, 5.74) is 3.78. The second-order valence-electron chi connectivity index (χ2n) is 8.09. The number of hydrogen-bond acceptors (Lipinski definition) is 3. The molecule has 5 nitrogen and oxygen atoms in total. The highest BCUT2D eigenvalue weighted by molar-refractivity contribution is 5.90. The highest BCUT2D eigenvalue weighted by Gasteiger charge is 2.27. The van der Waals surface area contributed by atoms with E-state index < -0.39 is 0 Å². The highest BCUT2D eigenvalue weighted by atomic mass is 16.5. The molecule has 2 amide bonds. The lowest BCUT2D eigenvalue weighted by Crippen LogP contribution is -2.38. The molecule has 0 aromatic heterocycles. The number of carbonyl (C=O) groups is 1. The molecule has 0 spiro atoms. The van der Waals surface area contributed by atoms with Crippen molar-refractivity contribution in [2.45, 2.75) is 19.5 Å². The predicted octanol–water partition coefficient (Wildman–Crippen LogP) is 6.92. The molecule has 0 aliphatic heterocycles. The number of amides is 2. The quantitative estimate of drug-likeness (QED) is 0.291. The topological polar surface area (TPSA) is 50.8 Å². The van der Waals surface area contributed by atoms with E-state index in [1.165, 1.54) is 0 Å². The van der Waals surface area contributed by atoms with Gasteiger partial charge in [0.05, 0.1) is 19.8 Å². The molecule has 178 valence electrons. The first-order valence-electron chi connectivity index (χ1n) is 11.7. The zero-order valence-corrected chi connectivity index (χ0v) is 20.1. The van der Waals surface area contributed by atoms with Crippen LogP contribution in [0.4, 0.5) is 10.5 Å². The van der Waals surface area contributed by atoms with E-state index in [0.717, 1.165) is 28.2 Å². The summed E-state index contributed by atoms with van der Waals surface area (Å²) in [5, 5.41) is 3.08. The molecule has 4 rings (SSSR count). The molecule has 0 bridgehead atoms. The molecule has 0 saturated carbocycles. The van der Waals surface area contributed by atoms with Crippen molar-refractivity contribution in [2.75, 3.05) is 19.0 Å². The molecule has 0 fully saturated rings. The van der Waals surface area contributed by atoms with E-state index >= 15 is 0 Å². The van der Waals surface area contributed by atoms with Gasteiger partial charge >= 0.3 is 6.03 Å². The summed E-state index contributed by atoms with van der Waals surface area (Å²) in [6.07, 6.45) is 0.